The van der Waals surface area contributed by atoms with Crippen LogP contribution in [0.4, 0.5) is 0 Å². The van der Waals surface area contributed by atoms with Crippen molar-refractivity contribution in [1.29, 1.82) is 0 Å². The first-order valence-electron chi connectivity index (χ1n) is 12.5. The molecule has 0 bridgehead atoms. The van der Waals surface area contributed by atoms with E-state index in [1.165, 1.54) is 0 Å². The van der Waals surface area contributed by atoms with Gasteiger partial charge in [-0.25, -0.2) is 0 Å². The first-order valence-corrected chi connectivity index (χ1v) is 12.5. The molecule has 1 aromatic carbocycles. The number of ketones is 2. The van der Waals surface area contributed by atoms with Crippen molar-refractivity contribution in [2.24, 2.45) is 22.7 Å². The molecule has 2 fully saturated rings. The number of aliphatic hydroxyl groups excluding tert-OH is 2. The Hall–Kier alpha value is -2.24. The van der Waals surface area contributed by atoms with E-state index in [-0.39, 0.29) is 22.4 Å². The molecule has 34 heavy (non-hydrogen) atoms. The average Bonchev–Trinajstić information content (AvgIpc) is 2.96. The number of nitrogens with zero attached hydrogens (tertiary/aromatic N) is 1. The van der Waals surface area contributed by atoms with Crippen molar-refractivity contribution < 1.29 is 19.8 Å². The molecule has 2 saturated carbocycles. The Morgan fingerprint density at radius 3 is 1.97 bits per heavy atom. The Labute approximate surface area is 202 Å². The number of hydrogen-bond acceptors (Lipinski definition) is 4. The number of para-hydroxylation sites is 1. The molecule has 4 atom stereocenters. The second kappa shape index (κ2) is 8.76. The number of allylic oxidation sites excluding steroid dienone is 1. The fourth-order valence-electron chi connectivity index (χ4n) is 6.84. The van der Waals surface area contributed by atoms with Crippen LogP contribution in [0.1, 0.15) is 70.6 Å². The lowest BCUT2D eigenvalue weighted by molar-refractivity contribution is -0.144. The number of carbonyl (C=O) groups is 2. The summed E-state index contributed by atoms with van der Waals surface area (Å²) >= 11 is 0. The summed E-state index contributed by atoms with van der Waals surface area (Å²) in [6.07, 6.45) is 1.81. The maximum atomic E-state index is 13.6. The number of Topliss-reactive ketones (excluding diaryl/α,β-unsaturated/α-hetero) is 2. The molecule has 2 aromatic rings. The summed E-state index contributed by atoms with van der Waals surface area (Å²) in [6, 6.07) is 8.01. The molecular weight excluding hydrogens is 426 g/mol. The summed E-state index contributed by atoms with van der Waals surface area (Å²) in [5.41, 5.74) is 2.30. The molecule has 0 unspecified atom stereocenters. The lowest BCUT2D eigenvalue weighted by atomic mass is 9.58. The van der Waals surface area contributed by atoms with E-state index in [2.05, 4.69) is 11.1 Å². The molecule has 0 spiro atoms. The highest BCUT2D eigenvalue weighted by molar-refractivity contribution is 5.92. The van der Waals surface area contributed by atoms with Crippen molar-refractivity contribution in [3.8, 4) is 0 Å². The normalized spacial score (nSPS) is 29.1. The molecule has 0 radical (unpaired) electrons. The van der Waals surface area contributed by atoms with Gasteiger partial charge < -0.3 is 14.8 Å². The van der Waals surface area contributed by atoms with Gasteiger partial charge >= 0.3 is 0 Å². The summed E-state index contributed by atoms with van der Waals surface area (Å²) in [6.45, 7) is 14.5. The van der Waals surface area contributed by atoms with Gasteiger partial charge in [0.1, 0.15) is 11.6 Å². The predicted octanol–water partition coefficient (Wildman–Crippen LogP) is 4.95. The molecule has 1 aromatic heterocycles. The maximum Gasteiger partial charge on any atom is 0.139 e. The highest BCUT2D eigenvalue weighted by atomic mass is 16.3. The van der Waals surface area contributed by atoms with E-state index >= 15 is 0 Å². The zero-order chi connectivity index (χ0) is 25.0. The van der Waals surface area contributed by atoms with Crippen LogP contribution in [0.2, 0.25) is 0 Å². The molecule has 0 aliphatic heterocycles. The minimum absolute atomic E-state index is 0.0152. The Kier molecular flexibility index (Phi) is 6.41. The van der Waals surface area contributed by atoms with Crippen molar-refractivity contribution in [3.05, 3.63) is 48.2 Å². The highest BCUT2D eigenvalue weighted by Gasteiger charge is 2.53. The molecule has 2 aliphatic rings. The van der Waals surface area contributed by atoms with Crippen LogP contribution < -0.4 is 0 Å². The number of carbonyl (C=O) groups excluding carboxylic acids is 2. The van der Waals surface area contributed by atoms with Gasteiger partial charge in [0, 0.05) is 41.9 Å². The first kappa shape index (κ1) is 24.9. The number of fused-ring (bicyclic) bond motifs is 1. The molecule has 2 aliphatic carbocycles. The summed E-state index contributed by atoms with van der Waals surface area (Å²) < 4.78 is 2.15. The topological polar surface area (TPSA) is 79.5 Å². The number of aromatic nitrogens is 1. The first-order chi connectivity index (χ1) is 15.9. The minimum Gasteiger partial charge on any atom is -0.392 e. The van der Waals surface area contributed by atoms with Crippen molar-refractivity contribution in [2.45, 2.75) is 85.0 Å². The lowest BCUT2D eigenvalue weighted by Crippen LogP contribution is -2.51. The molecule has 5 heteroatoms. The van der Waals surface area contributed by atoms with E-state index in [0.717, 1.165) is 22.2 Å². The Balaban J connectivity index is 1.95. The van der Waals surface area contributed by atoms with Crippen LogP contribution in [-0.4, -0.2) is 38.6 Å². The molecule has 5 nitrogen and oxygen atoms in total. The van der Waals surface area contributed by atoms with Crippen molar-refractivity contribution in [1.82, 2.24) is 4.57 Å². The standard InChI is InChI=1S/C29H39NO4/c1-7-12-30-17(2)24(18-10-8-9-11-19(18)30)27(25-20(31)13-28(3,4)14-21(25)32)26-22(33)15-29(5,6)16-23(26)34/h7-11,20,22,25-27,31,33H,1,12-16H2,2-6H3/t20-,22-,25-,26-/m0/s1. The van der Waals surface area contributed by atoms with E-state index in [9.17, 15) is 19.8 Å². The molecule has 2 N–H and O–H groups in total. The van der Waals surface area contributed by atoms with E-state index in [0.29, 0.717) is 32.2 Å². The molecule has 1 heterocycles. The zero-order valence-corrected chi connectivity index (χ0v) is 21.2. The van der Waals surface area contributed by atoms with Crippen LogP contribution in [0.5, 0.6) is 0 Å². The van der Waals surface area contributed by atoms with Gasteiger partial charge in [-0.3, -0.25) is 9.59 Å². The van der Waals surface area contributed by atoms with Crippen LogP contribution >= 0.6 is 0 Å². The second-order valence-corrected chi connectivity index (χ2v) is 12.2. The SMILES string of the molecule is C=CCn1c(C)c(C([C@@H]2C(=O)CC(C)(C)C[C@@H]2O)[C@@H]2C(=O)CC(C)(C)C[C@@H]2O)c2ccccc21. The van der Waals surface area contributed by atoms with Gasteiger partial charge in [0.2, 0.25) is 0 Å². The number of aliphatic hydroxyl groups is 2. The zero-order valence-electron chi connectivity index (χ0n) is 21.2. The monoisotopic (exact) mass is 465 g/mol. The molecule has 4 rings (SSSR count). The predicted molar refractivity (Wildman–Crippen MR) is 135 cm³/mol. The number of rotatable bonds is 5. The fourth-order valence-corrected chi connectivity index (χ4v) is 6.84. The van der Waals surface area contributed by atoms with E-state index in [4.69, 9.17) is 0 Å². The van der Waals surface area contributed by atoms with E-state index in [1.807, 2.05) is 65.0 Å². The van der Waals surface area contributed by atoms with E-state index in [1.54, 1.807) is 0 Å². The van der Waals surface area contributed by atoms with Crippen molar-refractivity contribution in [3.63, 3.8) is 0 Å². The second-order valence-electron chi connectivity index (χ2n) is 12.2. The number of hydrogen-bond donors (Lipinski definition) is 2. The van der Waals surface area contributed by atoms with Crippen LogP contribution in [0.25, 0.3) is 10.9 Å². The highest BCUT2D eigenvalue weighted by Crippen LogP contribution is 2.51. The van der Waals surface area contributed by atoms with Crippen LogP contribution in [0.3, 0.4) is 0 Å². The Morgan fingerprint density at radius 1 is 1.00 bits per heavy atom. The Morgan fingerprint density at radius 2 is 1.50 bits per heavy atom. The van der Waals surface area contributed by atoms with Gasteiger partial charge in [0.05, 0.1) is 24.0 Å². The van der Waals surface area contributed by atoms with Gasteiger partial charge in [0.25, 0.3) is 0 Å². The van der Waals surface area contributed by atoms with Crippen LogP contribution in [0.15, 0.2) is 36.9 Å². The summed E-state index contributed by atoms with van der Waals surface area (Å²) in [5, 5.41) is 23.7. The van der Waals surface area contributed by atoms with Crippen LogP contribution in [-0.2, 0) is 16.1 Å². The van der Waals surface area contributed by atoms with E-state index < -0.39 is 30.0 Å². The van der Waals surface area contributed by atoms with Gasteiger partial charge in [-0.05, 0) is 42.2 Å². The fraction of sp³-hybridized carbons (Fsp3) is 0.586. The van der Waals surface area contributed by atoms with Gasteiger partial charge in [-0.2, -0.15) is 0 Å². The third-order valence-corrected chi connectivity index (χ3v) is 8.10. The van der Waals surface area contributed by atoms with Gasteiger partial charge in [0.15, 0.2) is 0 Å². The number of benzene rings is 1. The Bertz CT molecular complexity index is 1080. The quantitative estimate of drug-likeness (QED) is 0.612. The van der Waals surface area contributed by atoms with Crippen molar-refractivity contribution in [2.75, 3.05) is 0 Å². The van der Waals surface area contributed by atoms with Crippen molar-refractivity contribution >= 4 is 22.5 Å². The van der Waals surface area contributed by atoms with Gasteiger partial charge in [-0.15, -0.1) is 6.58 Å². The molecule has 0 saturated heterocycles. The molecular formula is C29H39NO4. The summed E-state index contributed by atoms with van der Waals surface area (Å²) in [7, 11) is 0. The summed E-state index contributed by atoms with van der Waals surface area (Å²) in [5.74, 6) is -2.05. The summed E-state index contributed by atoms with van der Waals surface area (Å²) in [4.78, 5) is 27.2. The third-order valence-electron chi connectivity index (χ3n) is 8.10. The third kappa shape index (κ3) is 4.29. The van der Waals surface area contributed by atoms with Gasteiger partial charge in [-0.1, -0.05) is 52.0 Å². The smallest absolute Gasteiger partial charge is 0.139 e. The maximum absolute atomic E-state index is 13.6. The molecule has 0 amide bonds. The van der Waals surface area contributed by atoms with Crippen LogP contribution in [0, 0.1) is 29.6 Å². The lowest BCUT2D eigenvalue weighted by Gasteiger charge is -2.46. The average molecular weight is 466 g/mol. The molecule has 184 valence electrons. The minimum atomic E-state index is -0.864. The largest absolute Gasteiger partial charge is 0.392 e.